The summed E-state index contributed by atoms with van der Waals surface area (Å²) in [7, 11) is 1.99. The van der Waals surface area contributed by atoms with Gasteiger partial charge in [-0.15, -0.1) is 0 Å². The summed E-state index contributed by atoms with van der Waals surface area (Å²) in [5, 5.41) is 7.68. The lowest BCUT2D eigenvalue weighted by atomic mass is 9.76. The van der Waals surface area contributed by atoms with Crippen LogP contribution in [0.4, 0.5) is 0 Å². The maximum Gasteiger partial charge on any atom is 0.189 e. The Labute approximate surface area is 123 Å². The molecule has 0 amide bonds. The largest absolute Gasteiger partial charge is 0.370 e. The molecule has 0 saturated heterocycles. The van der Waals surface area contributed by atoms with Gasteiger partial charge in [-0.3, -0.25) is 9.67 Å². The summed E-state index contributed by atoms with van der Waals surface area (Å²) in [6.45, 7) is 0.786. The molecule has 3 N–H and O–H groups in total. The van der Waals surface area contributed by atoms with Crippen LogP contribution in [0.15, 0.2) is 35.5 Å². The van der Waals surface area contributed by atoms with E-state index in [9.17, 15) is 0 Å². The molecule has 21 heavy (non-hydrogen) atoms. The van der Waals surface area contributed by atoms with Gasteiger partial charge in [-0.05, 0) is 36.5 Å². The van der Waals surface area contributed by atoms with Crippen molar-refractivity contribution >= 4 is 5.96 Å². The van der Waals surface area contributed by atoms with Crippen molar-refractivity contribution in [3.63, 3.8) is 0 Å². The second-order valence-corrected chi connectivity index (χ2v) is 6.07. The Kier molecular flexibility index (Phi) is 2.58. The number of hydrogen-bond donors (Lipinski definition) is 2. The quantitative estimate of drug-likeness (QED) is 0.826. The molecule has 5 heteroatoms. The second-order valence-electron chi connectivity index (χ2n) is 6.07. The Morgan fingerprint density at radius 3 is 2.95 bits per heavy atom. The molecule has 0 radical (unpaired) electrons. The molecule has 2 aliphatic rings. The summed E-state index contributed by atoms with van der Waals surface area (Å²) in [5.41, 5.74) is 11.2. The molecule has 1 atom stereocenters. The fourth-order valence-corrected chi connectivity index (χ4v) is 3.62. The SMILES string of the molecule is Cn1nccc1-c1cccc2c1CCC1(CN=C(N)N1)C2. The first-order valence-corrected chi connectivity index (χ1v) is 7.34. The van der Waals surface area contributed by atoms with E-state index in [1.807, 2.05) is 17.9 Å². The van der Waals surface area contributed by atoms with Crippen LogP contribution in [0.25, 0.3) is 11.3 Å². The monoisotopic (exact) mass is 281 g/mol. The van der Waals surface area contributed by atoms with E-state index in [1.165, 1.54) is 22.4 Å². The topological polar surface area (TPSA) is 68.2 Å². The number of benzene rings is 1. The minimum atomic E-state index is 0.0299. The van der Waals surface area contributed by atoms with Crippen molar-refractivity contribution in [2.45, 2.75) is 24.8 Å². The average Bonchev–Trinajstić information content (AvgIpc) is 3.05. The highest BCUT2D eigenvalue weighted by molar-refractivity contribution is 5.81. The number of guanidine groups is 1. The van der Waals surface area contributed by atoms with Gasteiger partial charge in [0.1, 0.15) is 0 Å². The minimum Gasteiger partial charge on any atom is -0.370 e. The molecule has 1 spiro atoms. The van der Waals surface area contributed by atoms with E-state index in [1.54, 1.807) is 0 Å². The van der Waals surface area contributed by atoms with E-state index >= 15 is 0 Å². The number of hydrogen-bond acceptors (Lipinski definition) is 4. The van der Waals surface area contributed by atoms with Gasteiger partial charge in [0, 0.05) is 18.8 Å². The Morgan fingerprint density at radius 1 is 1.33 bits per heavy atom. The van der Waals surface area contributed by atoms with Crippen LogP contribution >= 0.6 is 0 Å². The number of aliphatic imine (C=N–C) groups is 1. The van der Waals surface area contributed by atoms with Crippen LogP contribution in [-0.2, 0) is 19.9 Å². The highest BCUT2D eigenvalue weighted by Gasteiger charge is 2.38. The molecule has 1 unspecified atom stereocenters. The van der Waals surface area contributed by atoms with E-state index in [4.69, 9.17) is 5.73 Å². The normalized spacial score (nSPS) is 23.8. The lowest BCUT2D eigenvalue weighted by Gasteiger charge is -2.35. The molecular formula is C16H19N5. The van der Waals surface area contributed by atoms with Crippen LogP contribution in [0.5, 0.6) is 0 Å². The molecular weight excluding hydrogens is 262 g/mol. The molecule has 0 saturated carbocycles. The summed E-state index contributed by atoms with van der Waals surface area (Å²) < 4.78 is 1.94. The van der Waals surface area contributed by atoms with Gasteiger partial charge in [0.2, 0.25) is 0 Å². The van der Waals surface area contributed by atoms with E-state index in [0.717, 1.165) is 25.8 Å². The van der Waals surface area contributed by atoms with Gasteiger partial charge >= 0.3 is 0 Å². The molecule has 5 nitrogen and oxygen atoms in total. The molecule has 1 aliphatic carbocycles. The number of aryl methyl sites for hydroxylation is 1. The zero-order valence-corrected chi connectivity index (χ0v) is 12.1. The van der Waals surface area contributed by atoms with Gasteiger partial charge in [0.25, 0.3) is 0 Å². The zero-order chi connectivity index (χ0) is 14.4. The van der Waals surface area contributed by atoms with E-state index in [0.29, 0.717) is 5.96 Å². The third-order valence-corrected chi connectivity index (χ3v) is 4.70. The van der Waals surface area contributed by atoms with Crippen LogP contribution in [0.1, 0.15) is 17.5 Å². The summed E-state index contributed by atoms with van der Waals surface area (Å²) in [4.78, 5) is 4.34. The first-order chi connectivity index (χ1) is 10.2. The standard InChI is InChI=1S/C16H19N5/c1-21-14(6-8-19-21)13-4-2-3-11-9-16(7-5-12(11)13)10-18-15(17)20-16/h2-4,6,8H,5,7,9-10H2,1H3,(H3,17,18,20). The zero-order valence-electron chi connectivity index (χ0n) is 12.1. The summed E-state index contributed by atoms with van der Waals surface area (Å²) >= 11 is 0. The Balaban J connectivity index is 1.74. The Hall–Kier alpha value is -2.30. The highest BCUT2D eigenvalue weighted by atomic mass is 15.3. The maximum atomic E-state index is 5.81. The molecule has 2 aromatic rings. The van der Waals surface area contributed by atoms with E-state index in [-0.39, 0.29) is 5.54 Å². The summed E-state index contributed by atoms with van der Waals surface area (Å²) in [6.07, 6.45) is 4.95. The number of nitrogens with two attached hydrogens (primary N) is 1. The van der Waals surface area contributed by atoms with E-state index < -0.39 is 0 Å². The average molecular weight is 281 g/mol. The first kappa shape index (κ1) is 12.4. The highest BCUT2D eigenvalue weighted by Crippen LogP contribution is 2.36. The van der Waals surface area contributed by atoms with Crippen molar-refractivity contribution < 1.29 is 0 Å². The molecule has 0 fully saturated rings. The van der Waals surface area contributed by atoms with Crippen molar-refractivity contribution in [2.24, 2.45) is 17.8 Å². The van der Waals surface area contributed by atoms with Gasteiger partial charge in [-0.2, -0.15) is 5.10 Å². The number of nitrogens with zero attached hydrogens (tertiary/aromatic N) is 3. The number of rotatable bonds is 1. The van der Waals surface area contributed by atoms with Crippen LogP contribution in [0.3, 0.4) is 0 Å². The Morgan fingerprint density at radius 2 is 2.24 bits per heavy atom. The maximum absolute atomic E-state index is 5.81. The fraction of sp³-hybridized carbons (Fsp3) is 0.375. The van der Waals surface area contributed by atoms with Gasteiger partial charge in [-0.1, -0.05) is 18.2 Å². The van der Waals surface area contributed by atoms with Gasteiger partial charge in [-0.25, -0.2) is 0 Å². The van der Waals surface area contributed by atoms with Crippen LogP contribution in [-0.4, -0.2) is 27.8 Å². The van der Waals surface area contributed by atoms with Crippen molar-refractivity contribution in [2.75, 3.05) is 6.54 Å². The molecule has 1 aliphatic heterocycles. The van der Waals surface area contributed by atoms with Crippen LogP contribution in [0, 0.1) is 0 Å². The van der Waals surface area contributed by atoms with E-state index in [2.05, 4.69) is 39.7 Å². The summed E-state index contributed by atoms with van der Waals surface area (Å²) in [5.74, 6) is 0.584. The van der Waals surface area contributed by atoms with Crippen LogP contribution < -0.4 is 11.1 Å². The predicted molar refractivity (Wildman–Crippen MR) is 83.0 cm³/mol. The second kappa shape index (κ2) is 4.35. The lowest BCUT2D eigenvalue weighted by Crippen LogP contribution is -2.51. The molecule has 108 valence electrons. The Bertz CT molecular complexity index is 730. The number of nitrogens with one attached hydrogen (secondary N) is 1. The van der Waals surface area contributed by atoms with Crippen molar-refractivity contribution in [3.05, 3.63) is 41.6 Å². The molecule has 4 rings (SSSR count). The third-order valence-electron chi connectivity index (χ3n) is 4.70. The minimum absolute atomic E-state index is 0.0299. The number of aromatic nitrogens is 2. The number of fused-ring (bicyclic) bond motifs is 1. The van der Waals surface area contributed by atoms with Gasteiger partial charge in [0.05, 0.1) is 17.8 Å². The fourth-order valence-electron chi connectivity index (χ4n) is 3.62. The van der Waals surface area contributed by atoms with Crippen LogP contribution in [0.2, 0.25) is 0 Å². The molecule has 1 aromatic heterocycles. The van der Waals surface area contributed by atoms with Gasteiger partial charge in [0.15, 0.2) is 5.96 Å². The van der Waals surface area contributed by atoms with Crippen molar-refractivity contribution in [3.8, 4) is 11.3 Å². The predicted octanol–water partition coefficient (Wildman–Crippen LogP) is 1.23. The third kappa shape index (κ3) is 1.92. The first-order valence-electron chi connectivity index (χ1n) is 7.34. The van der Waals surface area contributed by atoms with Crippen molar-refractivity contribution in [1.82, 2.24) is 15.1 Å². The smallest absolute Gasteiger partial charge is 0.189 e. The molecule has 1 aromatic carbocycles. The summed E-state index contributed by atoms with van der Waals surface area (Å²) in [6, 6.07) is 8.64. The van der Waals surface area contributed by atoms with Gasteiger partial charge < -0.3 is 11.1 Å². The molecule has 0 bridgehead atoms. The van der Waals surface area contributed by atoms with Crippen molar-refractivity contribution in [1.29, 1.82) is 0 Å². The molecule has 2 heterocycles. The lowest BCUT2D eigenvalue weighted by molar-refractivity contribution is 0.362.